The van der Waals surface area contributed by atoms with E-state index in [1.165, 1.54) is 5.56 Å². The molecule has 1 aromatic rings. The highest BCUT2D eigenvalue weighted by Gasteiger charge is 2.21. The molecule has 0 aliphatic carbocycles. The van der Waals surface area contributed by atoms with Crippen molar-refractivity contribution < 1.29 is 9.84 Å². The molecule has 5 heteroatoms. The highest BCUT2D eigenvalue weighted by Crippen LogP contribution is 2.32. The van der Waals surface area contributed by atoms with Crippen LogP contribution < -0.4 is 10.1 Å². The summed E-state index contributed by atoms with van der Waals surface area (Å²) in [7, 11) is 0. The predicted octanol–water partition coefficient (Wildman–Crippen LogP) is 2.48. The molecule has 0 fully saturated rings. The number of ether oxygens (including phenoxy) is 1. The van der Waals surface area contributed by atoms with Crippen LogP contribution in [0.4, 0.5) is 0 Å². The molecule has 0 saturated heterocycles. The third-order valence-electron chi connectivity index (χ3n) is 3.10. The lowest BCUT2D eigenvalue weighted by Crippen LogP contribution is -2.39. The predicted molar refractivity (Wildman–Crippen MR) is 81.4 cm³/mol. The number of hydrogen-bond acceptors (Lipinski definition) is 4. The first-order chi connectivity index (χ1) is 9.02. The third kappa shape index (κ3) is 4.02. The molecule has 1 aliphatic rings. The van der Waals surface area contributed by atoms with E-state index >= 15 is 0 Å². The number of benzene rings is 1. The minimum Gasteiger partial charge on any atom is -0.493 e. The Morgan fingerprint density at radius 2 is 2.32 bits per heavy atom. The molecule has 1 heterocycles. The summed E-state index contributed by atoms with van der Waals surface area (Å²) in [6.45, 7) is 3.78. The third-order valence-corrected chi connectivity index (χ3v) is 4.23. The van der Waals surface area contributed by atoms with Crippen molar-refractivity contribution in [1.29, 1.82) is 0 Å². The Bertz CT molecular complexity index is 451. The summed E-state index contributed by atoms with van der Waals surface area (Å²) in [5.74, 6) is 1.67. The maximum Gasteiger partial charge on any atom is 0.127 e. The molecule has 1 atom stereocenters. The zero-order chi connectivity index (χ0) is 13.9. The van der Waals surface area contributed by atoms with Crippen LogP contribution in [0.1, 0.15) is 18.1 Å². The number of hydrogen-bond donors (Lipinski definition) is 2. The van der Waals surface area contributed by atoms with E-state index in [1.54, 1.807) is 11.8 Å². The molecule has 0 spiro atoms. The van der Waals surface area contributed by atoms with Gasteiger partial charge in [0.25, 0.3) is 0 Å². The SMILES string of the molecule is CSCC(C)(O)CNCc1cc(Cl)cc2c1OCC2. The van der Waals surface area contributed by atoms with Crippen molar-refractivity contribution in [1.82, 2.24) is 5.32 Å². The maximum absolute atomic E-state index is 10.1. The second kappa shape index (κ2) is 6.35. The van der Waals surface area contributed by atoms with Gasteiger partial charge in [-0.15, -0.1) is 0 Å². The van der Waals surface area contributed by atoms with E-state index in [0.717, 1.165) is 29.4 Å². The lowest BCUT2D eigenvalue weighted by atomic mass is 10.1. The van der Waals surface area contributed by atoms with Crippen LogP contribution in [0.15, 0.2) is 12.1 Å². The van der Waals surface area contributed by atoms with Gasteiger partial charge in [-0.1, -0.05) is 11.6 Å². The molecule has 106 valence electrons. The van der Waals surface area contributed by atoms with Gasteiger partial charge in [0.1, 0.15) is 5.75 Å². The molecule has 2 N–H and O–H groups in total. The van der Waals surface area contributed by atoms with Crippen LogP contribution in [0.5, 0.6) is 5.75 Å². The van der Waals surface area contributed by atoms with E-state index in [1.807, 2.05) is 25.3 Å². The van der Waals surface area contributed by atoms with E-state index in [2.05, 4.69) is 5.32 Å². The first kappa shape index (κ1) is 15.0. The number of nitrogens with one attached hydrogen (secondary N) is 1. The van der Waals surface area contributed by atoms with Crippen molar-refractivity contribution in [2.75, 3.05) is 25.2 Å². The summed E-state index contributed by atoms with van der Waals surface area (Å²) in [6.07, 6.45) is 2.92. The van der Waals surface area contributed by atoms with Gasteiger partial charge < -0.3 is 15.2 Å². The standard InChI is InChI=1S/C14H20ClNO2S/c1-14(17,9-19-2)8-16-7-11-6-12(15)5-10-3-4-18-13(10)11/h5-6,16-17H,3-4,7-9H2,1-2H3. The highest BCUT2D eigenvalue weighted by molar-refractivity contribution is 7.98. The monoisotopic (exact) mass is 301 g/mol. The minimum absolute atomic E-state index is 0.551. The maximum atomic E-state index is 10.1. The van der Waals surface area contributed by atoms with Gasteiger partial charge in [-0.3, -0.25) is 0 Å². The zero-order valence-corrected chi connectivity index (χ0v) is 12.9. The molecule has 0 saturated carbocycles. The van der Waals surface area contributed by atoms with Crippen LogP contribution in [0, 0.1) is 0 Å². The second-order valence-corrected chi connectivity index (χ2v) is 6.49. The van der Waals surface area contributed by atoms with Crippen LogP contribution in [-0.4, -0.2) is 35.9 Å². The minimum atomic E-state index is -0.692. The number of thioether (sulfide) groups is 1. The molecular weight excluding hydrogens is 282 g/mol. The average molecular weight is 302 g/mol. The normalized spacial score (nSPS) is 16.8. The van der Waals surface area contributed by atoms with Crippen LogP contribution in [0.25, 0.3) is 0 Å². The van der Waals surface area contributed by atoms with Gasteiger partial charge in [0.15, 0.2) is 0 Å². The van der Waals surface area contributed by atoms with Crippen molar-refractivity contribution in [3.8, 4) is 5.75 Å². The van der Waals surface area contributed by atoms with E-state index < -0.39 is 5.60 Å². The van der Waals surface area contributed by atoms with Gasteiger partial charge in [0.2, 0.25) is 0 Å². The fraction of sp³-hybridized carbons (Fsp3) is 0.571. The van der Waals surface area contributed by atoms with Crippen molar-refractivity contribution >= 4 is 23.4 Å². The summed E-state index contributed by atoms with van der Waals surface area (Å²) in [5, 5.41) is 14.1. The van der Waals surface area contributed by atoms with E-state index in [-0.39, 0.29) is 0 Å². The molecule has 1 unspecified atom stereocenters. The summed E-state index contributed by atoms with van der Waals surface area (Å²) in [5.41, 5.74) is 1.56. The number of halogens is 1. The molecule has 1 aliphatic heterocycles. The van der Waals surface area contributed by atoms with Gasteiger partial charge in [0.05, 0.1) is 12.2 Å². The molecule has 3 nitrogen and oxygen atoms in total. The van der Waals surface area contributed by atoms with Crippen LogP contribution in [0.2, 0.25) is 5.02 Å². The summed E-state index contributed by atoms with van der Waals surface area (Å²) in [6, 6.07) is 3.90. The second-order valence-electron chi connectivity index (χ2n) is 5.19. The van der Waals surface area contributed by atoms with E-state index in [0.29, 0.717) is 18.8 Å². The zero-order valence-electron chi connectivity index (χ0n) is 11.3. The van der Waals surface area contributed by atoms with Gasteiger partial charge in [-0.25, -0.2) is 0 Å². The Hall–Kier alpha value is -0.420. The van der Waals surface area contributed by atoms with Crippen molar-refractivity contribution in [2.45, 2.75) is 25.5 Å². The summed E-state index contributed by atoms with van der Waals surface area (Å²) < 4.78 is 5.65. The Morgan fingerprint density at radius 1 is 1.53 bits per heavy atom. The molecule has 0 aromatic heterocycles. The van der Waals surface area contributed by atoms with Crippen LogP contribution in [-0.2, 0) is 13.0 Å². The average Bonchev–Trinajstić information content (AvgIpc) is 2.76. The van der Waals surface area contributed by atoms with Crippen molar-refractivity contribution in [2.24, 2.45) is 0 Å². The smallest absolute Gasteiger partial charge is 0.127 e. The van der Waals surface area contributed by atoms with Crippen LogP contribution >= 0.6 is 23.4 Å². The molecule has 1 aromatic carbocycles. The van der Waals surface area contributed by atoms with E-state index in [4.69, 9.17) is 16.3 Å². The first-order valence-electron chi connectivity index (χ1n) is 6.38. The molecule has 0 amide bonds. The van der Waals surface area contributed by atoms with Gasteiger partial charge in [-0.2, -0.15) is 11.8 Å². The molecule has 19 heavy (non-hydrogen) atoms. The van der Waals surface area contributed by atoms with E-state index in [9.17, 15) is 5.11 Å². The Balaban J connectivity index is 1.97. The largest absolute Gasteiger partial charge is 0.493 e. The number of rotatable bonds is 6. The lowest BCUT2D eigenvalue weighted by molar-refractivity contribution is 0.0845. The summed E-state index contributed by atoms with van der Waals surface area (Å²) >= 11 is 7.75. The number of aliphatic hydroxyl groups is 1. The fourth-order valence-corrected chi connectivity index (χ4v) is 3.29. The highest BCUT2D eigenvalue weighted by atomic mass is 35.5. The van der Waals surface area contributed by atoms with Crippen molar-refractivity contribution in [3.05, 3.63) is 28.3 Å². The number of fused-ring (bicyclic) bond motifs is 1. The first-order valence-corrected chi connectivity index (χ1v) is 8.15. The van der Waals surface area contributed by atoms with Crippen LogP contribution in [0.3, 0.4) is 0 Å². The van der Waals surface area contributed by atoms with Crippen molar-refractivity contribution in [3.63, 3.8) is 0 Å². The Kier molecular flexibility index (Phi) is 5.01. The van der Waals surface area contributed by atoms with Gasteiger partial charge in [-0.05, 0) is 30.9 Å². The topological polar surface area (TPSA) is 41.5 Å². The quantitative estimate of drug-likeness (QED) is 0.847. The molecule has 0 bridgehead atoms. The molecule has 2 rings (SSSR count). The fourth-order valence-electron chi connectivity index (χ4n) is 2.31. The Morgan fingerprint density at radius 3 is 3.05 bits per heavy atom. The summed E-state index contributed by atoms with van der Waals surface area (Å²) in [4.78, 5) is 0. The Labute approximate surface area is 123 Å². The van der Waals surface area contributed by atoms with Gasteiger partial charge >= 0.3 is 0 Å². The molecule has 0 radical (unpaired) electrons. The van der Waals surface area contributed by atoms with Gasteiger partial charge in [0, 0.05) is 35.8 Å². The molecular formula is C14H20ClNO2S. The lowest BCUT2D eigenvalue weighted by Gasteiger charge is -2.23.